The number of unbranched alkanes of at least 4 members (excludes halogenated alkanes) is 1. The summed E-state index contributed by atoms with van der Waals surface area (Å²) in [5, 5.41) is 9.45. The maximum atomic E-state index is 14.5. The minimum absolute atomic E-state index is 0.0234. The molecule has 8 heteroatoms. The SMILES string of the molecule is C=CCN(Cc1ccccc1)C(=O)[C@@H]1[C@@H]2CCC3(O2)C(C(=O)N(CC=C)C2CCCCC2)N(CCCCO)C(=O)[C@H]13. The van der Waals surface area contributed by atoms with Crippen LogP contribution >= 0.6 is 0 Å². The van der Waals surface area contributed by atoms with Gasteiger partial charge >= 0.3 is 0 Å². The number of ether oxygens (including phenoxy) is 1. The van der Waals surface area contributed by atoms with Crippen LogP contribution in [0.25, 0.3) is 0 Å². The molecular formula is C33H45N3O5. The van der Waals surface area contributed by atoms with Gasteiger partial charge in [-0.15, -0.1) is 13.2 Å². The van der Waals surface area contributed by atoms with Crippen LogP contribution in [0.5, 0.6) is 0 Å². The number of fused-ring (bicyclic) bond motifs is 1. The number of hydrogen-bond acceptors (Lipinski definition) is 5. The molecule has 222 valence electrons. The molecule has 3 aliphatic heterocycles. The molecule has 1 aliphatic carbocycles. The second-order valence-electron chi connectivity index (χ2n) is 12.1. The summed E-state index contributed by atoms with van der Waals surface area (Å²) in [6.07, 6.45) is 10.7. The number of aliphatic hydroxyl groups is 1. The fourth-order valence-corrected chi connectivity index (χ4v) is 7.86. The predicted octanol–water partition coefficient (Wildman–Crippen LogP) is 3.70. The normalized spacial score (nSPS) is 28.9. The van der Waals surface area contributed by atoms with Crippen LogP contribution in [0.4, 0.5) is 0 Å². The van der Waals surface area contributed by atoms with Crippen molar-refractivity contribution < 1.29 is 24.2 Å². The summed E-state index contributed by atoms with van der Waals surface area (Å²) in [6, 6.07) is 9.15. The molecule has 1 saturated carbocycles. The van der Waals surface area contributed by atoms with Crippen LogP contribution in [0.1, 0.15) is 63.4 Å². The fourth-order valence-electron chi connectivity index (χ4n) is 7.86. The lowest BCUT2D eigenvalue weighted by Gasteiger charge is -2.40. The van der Waals surface area contributed by atoms with Gasteiger partial charge in [0.1, 0.15) is 11.6 Å². The van der Waals surface area contributed by atoms with Gasteiger partial charge in [-0.1, -0.05) is 61.7 Å². The molecule has 0 aromatic heterocycles. The molecule has 0 radical (unpaired) electrons. The van der Waals surface area contributed by atoms with Crippen molar-refractivity contribution in [3.8, 4) is 0 Å². The molecule has 4 fully saturated rings. The molecule has 5 atom stereocenters. The van der Waals surface area contributed by atoms with Crippen molar-refractivity contribution in [1.82, 2.24) is 14.7 Å². The Kier molecular flexibility index (Phi) is 9.29. The Morgan fingerprint density at radius 1 is 1.02 bits per heavy atom. The Morgan fingerprint density at radius 2 is 1.76 bits per heavy atom. The van der Waals surface area contributed by atoms with Gasteiger partial charge in [0.2, 0.25) is 17.7 Å². The van der Waals surface area contributed by atoms with E-state index in [0.29, 0.717) is 51.9 Å². The van der Waals surface area contributed by atoms with Crippen molar-refractivity contribution in [2.45, 2.75) is 88.1 Å². The quantitative estimate of drug-likeness (QED) is 0.292. The van der Waals surface area contributed by atoms with Gasteiger partial charge in [0.25, 0.3) is 0 Å². The zero-order chi connectivity index (χ0) is 29.0. The van der Waals surface area contributed by atoms with Gasteiger partial charge in [-0.3, -0.25) is 14.4 Å². The maximum absolute atomic E-state index is 14.5. The summed E-state index contributed by atoms with van der Waals surface area (Å²) in [5.74, 6) is -1.70. The molecule has 2 bridgehead atoms. The van der Waals surface area contributed by atoms with Gasteiger partial charge in [0.15, 0.2) is 0 Å². The van der Waals surface area contributed by atoms with Gasteiger partial charge in [-0.25, -0.2) is 0 Å². The van der Waals surface area contributed by atoms with Gasteiger partial charge in [-0.2, -0.15) is 0 Å². The number of aliphatic hydroxyl groups excluding tert-OH is 1. The highest BCUT2D eigenvalue weighted by Crippen LogP contribution is 2.59. The van der Waals surface area contributed by atoms with Crippen LogP contribution in [-0.4, -0.2) is 87.6 Å². The summed E-state index contributed by atoms with van der Waals surface area (Å²) in [4.78, 5) is 48.4. The van der Waals surface area contributed by atoms with E-state index in [-0.39, 0.29) is 30.4 Å². The van der Waals surface area contributed by atoms with Crippen LogP contribution in [0.15, 0.2) is 55.6 Å². The number of rotatable bonds is 13. The van der Waals surface area contributed by atoms with Gasteiger partial charge in [0, 0.05) is 38.8 Å². The van der Waals surface area contributed by atoms with E-state index < -0.39 is 29.6 Å². The molecule has 1 aromatic rings. The zero-order valence-corrected chi connectivity index (χ0v) is 24.2. The predicted molar refractivity (Wildman–Crippen MR) is 156 cm³/mol. The number of benzene rings is 1. The Hall–Kier alpha value is -2.97. The number of likely N-dealkylation sites (tertiary alicyclic amines) is 1. The van der Waals surface area contributed by atoms with E-state index in [1.165, 1.54) is 6.42 Å². The van der Waals surface area contributed by atoms with E-state index in [1.807, 2.05) is 35.2 Å². The van der Waals surface area contributed by atoms with E-state index in [1.54, 1.807) is 22.0 Å². The monoisotopic (exact) mass is 563 g/mol. The highest BCUT2D eigenvalue weighted by molar-refractivity contribution is 5.99. The van der Waals surface area contributed by atoms with E-state index in [4.69, 9.17) is 4.74 Å². The Labute approximate surface area is 244 Å². The van der Waals surface area contributed by atoms with Crippen molar-refractivity contribution in [2.24, 2.45) is 11.8 Å². The lowest BCUT2D eigenvalue weighted by atomic mass is 9.70. The fraction of sp³-hybridized carbons (Fsp3) is 0.606. The number of hydrogen-bond donors (Lipinski definition) is 1. The van der Waals surface area contributed by atoms with Crippen molar-refractivity contribution in [3.05, 3.63) is 61.2 Å². The molecule has 1 aromatic carbocycles. The minimum Gasteiger partial charge on any atom is -0.396 e. The summed E-state index contributed by atoms with van der Waals surface area (Å²) < 4.78 is 6.69. The molecule has 1 N–H and O–H groups in total. The summed E-state index contributed by atoms with van der Waals surface area (Å²) >= 11 is 0. The van der Waals surface area contributed by atoms with Crippen molar-refractivity contribution in [3.63, 3.8) is 0 Å². The number of carbonyl (C=O) groups is 3. The molecular weight excluding hydrogens is 518 g/mol. The van der Waals surface area contributed by atoms with E-state index in [0.717, 1.165) is 31.2 Å². The van der Waals surface area contributed by atoms with Crippen LogP contribution in [-0.2, 0) is 25.7 Å². The van der Waals surface area contributed by atoms with Gasteiger partial charge in [-0.05, 0) is 44.1 Å². The maximum Gasteiger partial charge on any atom is 0.248 e. The van der Waals surface area contributed by atoms with Crippen molar-refractivity contribution in [2.75, 3.05) is 26.2 Å². The van der Waals surface area contributed by atoms with E-state index >= 15 is 0 Å². The largest absolute Gasteiger partial charge is 0.396 e. The first kappa shape index (κ1) is 29.5. The highest BCUT2D eigenvalue weighted by atomic mass is 16.5. The summed E-state index contributed by atoms with van der Waals surface area (Å²) in [7, 11) is 0. The number of carbonyl (C=O) groups excluding carboxylic acids is 3. The smallest absolute Gasteiger partial charge is 0.248 e. The third kappa shape index (κ3) is 5.48. The lowest BCUT2D eigenvalue weighted by Crippen LogP contribution is -2.58. The van der Waals surface area contributed by atoms with Crippen LogP contribution < -0.4 is 0 Å². The zero-order valence-electron chi connectivity index (χ0n) is 24.2. The first-order valence-electron chi connectivity index (χ1n) is 15.4. The van der Waals surface area contributed by atoms with Gasteiger partial charge < -0.3 is 24.5 Å². The van der Waals surface area contributed by atoms with Crippen LogP contribution in [0, 0.1) is 11.8 Å². The second kappa shape index (κ2) is 12.9. The minimum atomic E-state index is -1.01. The third-order valence-corrected chi connectivity index (χ3v) is 9.63. The molecule has 4 aliphatic rings. The van der Waals surface area contributed by atoms with Crippen LogP contribution in [0.3, 0.4) is 0 Å². The van der Waals surface area contributed by atoms with Crippen LogP contribution in [0.2, 0.25) is 0 Å². The summed E-state index contributed by atoms with van der Waals surface area (Å²) in [5.41, 5.74) is -0.00976. The van der Waals surface area contributed by atoms with E-state index in [2.05, 4.69) is 13.2 Å². The molecule has 3 amide bonds. The molecule has 3 saturated heterocycles. The van der Waals surface area contributed by atoms with Gasteiger partial charge in [0.05, 0.1) is 17.9 Å². The first-order chi connectivity index (χ1) is 20.0. The van der Waals surface area contributed by atoms with E-state index in [9.17, 15) is 19.5 Å². The average Bonchev–Trinajstić information content (AvgIpc) is 3.63. The molecule has 5 rings (SSSR count). The average molecular weight is 564 g/mol. The van der Waals surface area contributed by atoms with Crippen molar-refractivity contribution in [1.29, 1.82) is 0 Å². The first-order valence-corrected chi connectivity index (χ1v) is 15.4. The Balaban J connectivity index is 1.48. The third-order valence-electron chi connectivity index (χ3n) is 9.63. The highest BCUT2D eigenvalue weighted by Gasteiger charge is 2.74. The topological polar surface area (TPSA) is 90.4 Å². The molecule has 8 nitrogen and oxygen atoms in total. The molecule has 1 spiro atoms. The molecule has 41 heavy (non-hydrogen) atoms. The standard InChI is InChI=1S/C33H45N3O5/c1-3-19-34(23-24-13-7-5-8-14-24)30(38)27-26-17-18-33(41-26)28(27)31(39)36(21-11-12-22-37)29(33)32(40)35(20-4-2)25-15-9-6-10-16-25/h3-5,7-8,13-14,25-29,37H,1-2,6,9-12,15-23H2/t26-,27+,28-,29?,33?/m0/s1. The number of amides is 3. The Bertz CT molecular complexity index is 1120. The van der Waals surface area contributed by atoms with Crippen molar-refractivity contribution >= 4 is 17.7 Å². The molecule has 2 unspecified atom stereocenters. The number of nitrogens with zero attached hydrogens (tertiary/aromatic N) is 3. The molecule has 3 heterocycles. The second-order valence-corrected chi connectivity index (χ2v) is 12.1. The summed E-state index contributed by atoms with van der Waals surface area (Å²) in [6.45, 7) is 9.38. The Morgan fingerprint density at radius 3 is 2.44 bits per heavy atom. The lowest BCUT2D eigenvalue weighted by molar-refractivity contribution is -0.150.